The number of halogens is 2. The van der Waals surface area contributed by atoms with Gasteiger partial charge in [-0.1, -0.05) is 42.5 Å². The summed E-state index contributed by atoms with van der Waals surface area (Å²) < 4.78 is 19.0. The molecule has 1 aliphatic rings. The van der Waals surface area contributed by atoms with Crippen LogP contribution in [0.25, 0.3) is 0 Å². The fourth-order valence-electron chi connectivity index (χ4n) is 3.91. The maximum absolute atomic E-state index is 13.4. The summed E-state index contributed by atoms with van der Waals surface area (Å²) in [5.74, 6) is 0.486. The van der Waals surface area contributed by atoms with E-state index in [2.05, 4.69) is 10.6 Å². The topological polar surface area (TPSA) is 65.9 Å². The molecule has 0 amide bonds. The predicted molar refractivity (Wildman–Crippen MR) is 134 cm³/mol. The molecule has 0 saturated carbocycles. The lowest BCUT2D eigenvalue weighted by Crippen LogP contribution is -2.42. The molecule has 1 saturated heterocycles. The number of hydrogen-bond acceptors (Lipinski definition) is 3. The molecule has 0 aromatic heterocycles. The Bertz CT molecular complexity index is 796. The van der Waals surface area contributed by atoms with Gasteiger partial charge in [-0.05, 0) is 43.0 Å². The van der Waals surface area contributed by atoms with E-state index in [0.29, 0.717) is 26.3 Å². The van der Waals surface area contributed by atoms with Crippen molar-refractivity contribution in [1.82, 2.24) is 10.6 Å². The average molecular weight is 541 g/mol. The largest absolute Gasteiger partial charge is 0.396 e. The summed E-state index contributed by atoms with van der Waals surface area (Å²) in [6.07, 6.45) is 1.70. The van der Waals surface area contributed by atoms with Crippen LogP contribution in [0.4, 0.5) is 4.39 Å². The molecule has 3 rings (SSSR count). The van der Waals surface area contributed by atoms with Gasteiger partial charge in [0.15, 0.2) is 5.96 Å². The van der Waals surface area contributed by atoms with Crippen molar-refractivity contribution in [3.63, 3.8) is 0 Å². The number of guanidine groups is 1. The minimum absolute atomic E-state index is 0. The third kappa shape index (κ3) is 7.15. The van der Waals surface area contributed by atoms with Crippen LogP contribution >= 0.6 is 24.0 Å². The van der Waals surface area contributed by atoms with E-state index in [4.69, 9.17) is 9.73 Å². The number of benzene rings is 2. The SMILES string of the molecule is CCNC(=NCC1(c2ccc(F)cc2)CCOCC1)NCC(CO)c1ccccc1.I. The minimum atomic E-state index is -0.226. The van der Waals surface area contributed by atoms with Gasteiger partial charge >= 0.3 is 0 Å². The number of ether oxygens (including phenoxy) is 1. The predicted octanol–water partition coefficient (Wildman–Crippen LogP) is 3.82. The van der Waals surface area contributed by atoms with E-state index in [1.54, 1.807) is 0 Å². The Morgan fingerprint density at radius 3 is 2.39 bits per heavy atom. The Kier molecular flexibility index (Phi) is 10.7. The Morgan fingerprint density at radius 2 is 1.77 bits per heavy atom. The molecule has 1 atom stereocenters. The van der Waals surface area contributed by atoms with Gasteiger partial charge in [0.2, 0.25) is 0 Å². The van der Waals surface area contributed by atoms with Crippen molar-refractivity contribution in [1.29, 1.82) is 0 Å². The van der Waals surface area contributed by atoms with E-state index in [1.165, 1.54) is 12.1 Å². The second-order valence-electron chi connectivity index (χ2n) is 7.77. The number of aliphatic hydroxyl groups excluding tert-OH is 1. The fraction of sp³-hybridized carbons (Fsp3) is 0.458. The Hall–Kier alpha value is -1.71. The third-order valence-electron chi connectivity index (χ3n) is 5.80. The van der Waals surface area contributed by atoms with Crippen LogP contribution in [-0.2, 0) is 10.2 Å². The van der Waals surface area contributed by atoms with Crippen LogP contribution in [0, 0.1) is 5.82 Å². The lowest BCUT2D eigenvalue weighted by molar-refractivity contribution is 0.0531. The summed E-state index contributed by atoms with van der Waals surface area (Å²) in [4.78, 5) is 4.87. The normalized spacial score (nSPS) is 16.8. The van der Waals surface area contributed by atoms with Gasteiger partial charge in [-0.15, -0.1) is 24.0 Å². The molecule has 7 heteroatoms. The van der Waals surface area contributed by atoms with Crippen molar-refractivity contribution >= 4 is 29.9 Å². The summed E-state index contributed by atoms with van der Waals surface area (Å²) >= 11 is 0. The highest BCUT2D eigenvalue weighted by Crippen LogP contribution is 2.35. The second-order valence-corrected chi connectivity index (χ2v) is 7.77. The van der Waals surface area contributed by atoms with Gasteiger partial charge in [0, 0.05) is 37.6 Å². The van der Waals surface area contributed by atoms with Crippen molar-refractivity contribution in [2.24, 2.45) is 4.99 Å². The Balaban J connectivity index is 0.00000341. The molecular weight excluding hydrogens is 508 g/mol. The fourth-order valence-corrected chi connectivity index (χ4v) is 3.91. The lowest BCUT2D eigenvalue weighted by Gasteiger charge is -2.36. The van der Waals surface area contributed by atoms with Gasteiger partial charge in [0.1, 0.15) is 5.82 Å². The van der Waals surface area contributed by atoms with E-state index in [1.807, 2.05) is 49.4 Å². The molecule has 2 aromatic carbocycles. The summed E-state index contributed by atoms with van der Waals surface area (Å²) in [5, 5.41) is 16.5. The van der Waals surface area contributed by atoms with Crippen LogP contribution in [0.3, 0.4) is 0 Å². The molecule has 0 spiro atoms. The second kappa shape index (κ2) is 13.0. The highest BCUT2D eigenvalue weighted by Gasteiger charge is 2.34. The van der Waals surface area contributed by atoms with Crippen LogP contribution in [0.2, 0.25) is 0 Å². The van der Waals surface area contributed by atoms with Gasteiger partial charge in [0.25, 0.3) is 0 Å². The maximum atomic E-state index is 13.4. The first-order valence-electron chi connectivity index (χ1n) is 10.7. The zero-order chi connectivity index (χ0) is 21.2. The zero-order valence-electron chi connectivity index (χ0n) is 18.0. The Labute approximate surface area is 201 Å². The standard InChI is InChI=1S/C24H32FN3O2.HI/c1-2-26-23(27-16-20(17-29)19-6-4-3-5-7-19)28-18-24(12-14-30-15-13-24)21-8-10-22(25)11-9-21;/h3-11,20,29H,2,12-18H2,1H3,(H2,26,27,28);1H. The van der Waals surface area contributed by atoms with E-state index < -0.39 is 0 Å². The minimum Gasteiger partial charge on any atom is -0.396 e. The maximum Gasteiger partial charge on any atom is 0.191 e. The highest BCUT2D eigenvalue weighted by molar-refractivity contribution is 14.0. The number of hydrogen-bond donors (Lipinski definition) is 3. The summed E-state index contributed by atoms with van der Waals surface area (Å²) in [6.45, 7) is 5.36. The van der Waals surface area contributed by atoms with Crippen LogP contribution < -0.4 is 10.6 Å². The molecule has 0 radical (unpaired) electrons. The number of rotatable bonds is 8. The highest BCUT2D eigenvalue weighted by atomic mass is 127. The number of nitrogens with one attached hydrogen (secondary N) is 2. The van der Waals surface area contributed by atoms with Crippen LogP contribution in [-0.4, -0.2) is 50.5 Å². The van der Waals surface area contributed by atoms with E-state index in [9.17, 15) is 9.50 Å². The van der Waals surface area contributed by atoms with Gasteiger partial charge in [0.05, 0.1) is 13.2 Å². The van der Waals surface area contributed by atoms with Crippen molar-refractivity contribution in [3.8, 4) is 0 Å². The quantitative estimate of drug-likeness (QED) is 0.270. The van der Waals surface area contributed by atoms with Crippen molar-refractivity contribution < 1.29 is 14.2 Å². The van der Waals surface area contributed by atoms with Gasteiger partial charge in [-0.2, -0.15) is 0 Å². The van der Waals surface area contributed by atoms with E-state index in [0.717, 1.165) is 36.5 Å². The van der Waals surface area contributed by atoms with Gasteiger partial charge in [-0.3, -0.25) is 4.99 Å². The van der Waals surface area contributed by atoms with Crippen LogP contribution in [0.15, 0.2) is 59.6 Å². The molecule has 0 bridgehead atoms. The van der Waals surface area contributed by atoms with Crippen LogP contribution in [0.1, 0.15) is 36.8 Å². The first-order valence-corrected chi connectivity index (χ1v) is 10.7. The summed E-state index contributed by atoms with van der Waals surface area (Å²) in [7, 11) is 0. The molecule has 3 N–H and O–H groups in total. The number of nitrogens with zero attached hydrogens (tertiary/aromatic N) is 1. The Morgan fingerprint density at radius 1 is 1.10 bits per heavy atom. The third-order valence-corrected chi connectivity index (χ3v) is 5.80. The molecule has 1 heterocycles. The van der Waals surface area contributed by atoms with Crippen LogP contribution in [0.5, 0.6) is 0 Å². The molecule has 170 valence electrons. The lowest BCUT2D eigenvalue weighted by atomic mass is 9.74. The van der Waals surface area contributed by atoms with E-state index in [-0.39, 0.29) is 47.7 Å². The molecule has 1 fully saturated rings. The van der Waals surface area contributed by atoms with Crippen molar-refractivity contribution in [3.05, 3.63) is 71.5 Å². The number of aliphatic hydroxyl groups is 1. The first kappa shape index (κ1) is 25.5. The van der Waals surface area contributed by atoms with Gasteiger partial charge in [-0.25, -0.2) is 4.39 Å². The summed E-state index contributed by atoms with van der Waals surface area (Å²) in [6, 6.07) is 16.8. The molecule has 2 aromatic rings. The van der Waals surface area contributed by atoms with Crippen molar-refractivity contribution in [2.75, 3.05) is 39.5 Å². The number of aliphatic imine (C=N–C) groups is 1. The smallest absolute Gasteiger partial charge is 0.191 e. The van der Waals surface area contributed by atoms with E-state index >= 15 is 0 Å². The monoisotopic (exact) mass is 541 g/mol. The molecule has 31 heavy (non-hydrogen) atoms. The average Bonchev–Trinajstić information content (AvgIpc) is 2.79. The van der Waals surface area contributed by atoms with Gasteiger partial charge < -0.3 is 20.5 Å². The molecular formula is C24H33FIN3O2. The van der Waals surface area contributed by atoms with Crippen molar-refractivity contribution in [2.45, 2.75) is 31.1 Å². The molecule has 0 aliphatic carbocycles. The molecule has 1 unspecified atom stereocenters. The molecule has 1 aliphatic heterocycles. The molecule has 5 nitrogen and oxygen atoms in total. The zero-order valence-corrected chi connectivity index (χ0v) is 20.3. The summed E-state index contributed by atoms with van der Waals surface area (Å²) in [5.41, 5.74) is 2.03. The first-order chi connectivity index (χ1) is 14.7.